The predicted molar refractivity (Wildman–Crippen MR) is 53.3 cm³/mol. The summed E-state index contributed by atoms with van der Waals surface area (Å²) in [5.74, 6) is 0.0644. The smallest absolute Gasteiger partial charge is 0.273 e. The third-order valence-corrected chi connectivity index (χ3v) is 1.74. The quantitative estimate of drug-likeness (QED) is 0.675. The topological polar surface area (TPSA) is 90.4 Å². The van der Waals surface area contributed by atoms with Crippen LogP contribution in [0.1, 0.15) is 29.3 Å². The average Bonchev–Trinajstić information content (AvgIpc) is 2.66. The van der Waals surface area contributed by atoms with Gasteiger partial charge in [-0.05, 0) is 6.92 Å². The summed E-state index contributed by atoms with van der Waals surface area (Å²) >= 11 is 0. The van der Waals surface area contributed by atoms with E-state index in [9.17, 15) is 4.79 Å². The maximum atomic E-state index is 11.4. The Hall–Kier alpha value is -1.40. The molecule has 0 aliphatic carbocycles. The fourth-order valence-electron chi connectivity index (χ4n) is 0.958. The van der Waals surface area contributed by atoms with Gasteiger partial charge < -0.3 is 20.2 Å². The van der Waals surface area contributed by atoms with Gasteiger partial charge in [0.15, 0.2) is 5.69 Å². The van der Waals surface area contributed by atoms with Crippen molar-refractivity contribution in [1.29, 1.82) is 0 Å². The van der Waals surface area contributed by atoms with Gasteiger partial charge in [-0.1, -0.05) is 0 Å². The number of nitrogens with two attached hydrogens (primary N) is 1. The first kappa shape index (κ1) is 11.7. The molecule has 15 heavy (non-hydrogen) atoms. The van der Waals surface area contributed by atoms with Crippen molar-refractivity contribution < 1.29 is 13.9 Å². The van der Waals surface area contributed by atoms with Gasteiger partial charge in [0.05, 0.1) is 12.6 Å². The molecule has 1 aromatic rings. The van der Waals surface area contributed by atoms with Crippen LogP contribution >= 0.6 is 0 Å². The Labute approximate surface area is 87.8 Å². The zero-order chi connectivity index (χ0) is 11.3. The third-order valence-electron chi connectivity index (χ3n) is 1.74. The lowest BCUT2D eigenvalue weighted by atomic mass is 10.4. The lowest BCUT2D eigenvalue weighted by molar-refractivity contribution is 0.0932. The Kier molecular flexibility index (Phi) is 4.26. The average molecular weight is 213 g/mol. The van der Waals surface area contributed by atoms with Crippen molar-refractivity contribution in [1.82, 2.24) is 10.3 Å². The molecule has 0 bridgehead atoms. The molecule has 0 aromatic carbocycles. The first-order chi connectivity index (χ1) is 7.15. The number of amides is 1. The summed E-state index contributed by atoms with van der Waals surface area (Å²) in [4.78, 5) is 15.4. The van der Waals surface area contributed by atoms with Gasteiger partial charge in [-0.15, -0.1) is 0 Å². The maximum absolute atomic E-state index is 11.4. The molecule has 0 saturated heterocycles. The van der Waals surface area contributed by atoms with Gasteiger partial charge in [-0.3, -0.25) is 4.79 Å². The van der Waals surface area contributed by atoms with Crippen LogP contribution in [0.3, 0.4) is 0 Å². The van der Waals surface area contributed by atoms with Crippen LogP contribution in [0.25, 0.3) is 0 Å². The van der Waals surface area contributed by atoms with E-state index < -0.39 is 0 Å². The van der Waals surface area contributed by atoms with Crippen molar-refractivity contribution in [2.75, 3.05) is 20.3 Å². The molecular formula is C9H15N3O3. The molecule has 1 rings (SSSR count). The number of methoxy groups -OCH3 is 1. The van der Waals surface area contributed by atoms with Crippen LogP contribution in [0.5, 0.6) is 0 Å². The zero-order valence-corrected chi connectivity index (χ0v) is 8.82. The Morgan fingerprint density at radius 3 is 3.07 bits per heavy atom. The first-order valence-electron chi connectivity index (χ1n) is 4.63. The van der Waals surface area contributed by atoms with E-state index >= 15 is 0 Å². The van der Waals surface area contributed by atoms with E-state index in [2.05, 4.69) is 10.3 Å². The lowest BCUT2D eigenvalue weighted by Crippen LogP contribution is -2.27. The molecule has 1 heterocycles. The van der Waals surface area contributed by atoms with Gasteiger partial charge in [-0.2, -0.15) is 0 Å². The Morgan fingerprint density at radius 2 is 2.53 bits per heavy atom. The molecule has 84 valence electrons. The van der Waals surface area contributed by atoms with E-state index in [-0.39, 0.29) is 17.6 Å². The van der Waals surface area contributed by atoms with Crippen molar-refractivity contribution in [2.24, 2.45) is 5.73 Å². The number of nitrogens with zero attached hydrogens (tertiary/aromatic N) is 1. The lowest BCUT2D eigenvalue weighted by Gasteiger charge is -2.00. The number of oxazole rings is 1. The molecule has 6 heteroatoms. The van der Waals surface area contributed by atoms with E-state index in [1.54, 1.807) is 14.0 Å². The number of hydrogen-bond acceptors (Lipinski definition) is 5. The summed E-state index contributed by atoms with van der Waals surface area (Å²) in [7, 11) is 1.57. The van der Waals surface area contributed by atoms with Gasteiger partial charge in [0.25, 0.3) is 5.91 Å². The van der Waals surface area contributed by atoms with Crippen LogP contribution in [-0.4, -0.2) is 31.2 Å². The van der Waals surface area contributed by atoms with E-state index in [0.717, 1.165) is 0 Å². The highest BCUT2D eigenvalue weighted by Gasteiger charge is 2.13. The predicted octanol–water partition coefficient (Wildman–Crippen LogP) is 0.0705. The minimum atomic E-state index is -0.314. The van der Waals surface area contributed by atoms with Gasteiger partial charge >= 0.3 is 0 Å². The van der Waals surface area contributed by atoms with Crippen molar-refractivity contribution >= 4 is 5.91 Å². The summed E-state index contributed by atoms with van der Waals surface area (Å²) in [5.41, 5.74) is 5.78. The summed E-state index contributed by atoms with van der Waals surface area (Å²) in [6, 6.07) is -0.314. The number of carbonyl (C=O) groups excluding carboxylic acids is 1. The van der Waals surface area contributed by atoms with Crippen LogP contribution in [-0.2, 0) is 4.74 Å². The Bertz CT molecular complexity index is 322. The fraction of sp³-hybridized carbons (Fsp3) is 0.556. The third kappa shape index (κ3) is 3.34. The molecule has 3 N–H and O–H groups in total. The number of hydrogen-bond donors (Lipinski definition) is 2. The Morgan fingerprint density at radius 1 is 1.80 bits per heavy atom. The molecule has 1 amide bonds. The molecule has 1 unspecified atom stereocenters. The number of rotatable bonds is 5. The van der Waals surface area contributed by atoms with Crippen LogP contribution in [0, 0.1) is 0 Å². The molecule has 1 aromatic heterocycles. The van der Waals surface area contributed by atoms with Crippen LogP contribution < -0.4 is 11.1 Å². The van der Waals surface area contributed by atoms with Gasteiger partial charge in [0.2, 0.25) is 5.89 Å². The fourth-order valence-corrected chi connectivity index (χ4v) is 0.958. The zero-order valence-electron chi connectivity index (χ0n) is 8.82. The monoisotopic (exact) mass is 213 g/mol. The second-order valence-corrected chi connectivity index (χ2v) is 3.11. The normalized spacial score (nSPS) is 12.5. The van der Waals surface area contributed by atoms with Gasteiger partial charge in [0.1, 0.15) is 6.26 Å². The highest BCUT2D eigenvalue weighted by Crippen LogP contribution is 2.08. The van der Waals surface area contributed by atoms with Gasteiger partial charge in [0, 0.05) is 13.7 Å². The van der Waals surface area contributed by atoms with E-state index in [4.69, 9.17) is 14.9 Å². The van der Waals surface area contributed by atoms with E-state index in [1.807, 2.05) is 0 Å². The molecule has 0 fully saturated rings. The van der Waals surface area contributed by atoms with Crippen molar-refractivity contribution in [3.8, 4) is 0 Å². The highest BCUT2D eigenvalue weighted by molar-refractivity contribution is 5.91. The number of nitrogens with one attached hydrogen (secondary N) is 1. The molecule has 0 saturated carbocycles. The molecule has 1 atom stereocenters. The Balaban J connectivity index is 2.51. The second kappa shape index (κ2) is 5.47. The standard InChI is InChI=1S/C9H15N3O3/c1-6(10)9-12-7(5-15-9)8(13)11-3-4-14-2/h5-6H,3-4,10H2,1-2H3,(H,11,13). The van der Waals surface area contributed by atoms with Crippen LogP contribution in [0.4, 0.5) is 0 Å². The molecule has 0 radical (unpaired) electrons. The molecule has 0 spiro atoms. The van der Waals surface area contributed by atoms with Crippen molar-refractivity contribution in [2.45, 2.75) is 13.0 Å². The van der Waals surface area contributed by atoms with E-state index in [1.165, 1.54) is 6.26 Å². The minimum absolute atomic E-state index is 0.235. The second-order valence-electron chi connectivity index (χ2n) is 3.11. The largest absolute Gasteiger partial charge is 0.446 e. The molecule has 0 aliphatic rings. The maximum Gasteiger partial charge on any atom is 0.273 e. The van der Waals surface area contributed by atoms with Gasteiger partial charge in [-0.25, -0.2) is 4.98 Å². The summed E-state index contributed by atoms with van der Waals surface area (Å²) in [5, 5.41) is 2.62. The molecular weight excluding hydrogens is 198 g/mol. The number of ether oxygens (including phenoxy) is 1. The summed E-state index contributed by atoms with van der Waals surface area (Å²) in [6.45, 7) is 2.64. The van der Waals surface area contributed by atoms with Crippen molar-refractivity contribution in [3.63, 3.8) is 0 Å². The first-order valence-corrected chi connectivity index (χ1v) is 4.63. The summed E-state index contributed by atoms with van der Waals surface area (Å²) < 4.78 is 9.82. The minimum Gasteiger partial charge on any atom is -0.446 e. The number of aromatic nitrogens is 1. The highest BCUT2D eigenvalue weighted by atomic mass is 16.5. The van der Waals surface area contributed by atoms with E-state index in [0.29, 0.717) is 19.0 Å². The molecule has 0 aliphatic heterocycles. The number of carbonyl (C=O) groups is 1. The van der Waals surface area contributed by atoms with Crippen LogP contribution in [0.2, 0.25) is 0 Å². The SMILES string of the molecule is COCCNC(=O)c1coc(C(C)N)n1. The van der Waals surface area contributed by atoms with Crippen molar-refractivity contribution in [3.05, 3.63) is 17.8 Å². The van der Waals surface area contributed by atoms with Crippen LogP contribution in [0.15, 0.2) is 10.7 Å². The summed E-state index contributed by atoms with van der Waals surface area (Å²) in [6.07, 6.45) is 1.29. The molecule has 6 nitrogen and oxygen atoms in total.